The molecule has 2 aromatic carbocycles. The number of rotatable bonds is 5. The third-order valence-electron chi connectivity index (χ3n) is 5.12. The number of benzene rings is 2. The summed E-state index contributed by atoms with van der Waals surface area (Å²) in [6.07, 6.45) is 1.69. The molecule has 0 radical (unpaired) electrons. The van der Waals surface area contributed by atoms with Gasteiger partial charge in [0.05, 0.1) is 5.56 Å². The molecule has 0 spiro atoms. The van der Waals surface area contributed by atoms with Gasteiger partial charge in [0.1, 0.15) is 24.2 Å². The molecule has 0 unspecified atom stereocenters. The van der Waals surface area contributed by atoms with Gasteiger partial charge in [0.25, 0.3) is 5.91 Å². The van der Waals surface area contributed by atoms with Crippen LogP contribution in [-0.2, 0) is 6.61 Å². The van der Waals surface area contributed by atoms with Crippen molar-refractivity contribution in [2.24, 2.45) is 0 Å². The first-order valence-corrected chi connectivity index (χ1v) is 9.91. The first-order valence-electron chi connectivity index (χ1n) is 9.91. The summed E-state index contributed by atoms with van der Waals surface area (Å²) >= 11 is 0. The van der Waals surface area contributed by atoms with Crippen LogP contribution in [0.3, 0.4) is 0 Å². The molecule has 1 fully saturated rings. The lowest BCUT2D eigenvalue weighted by Crippen LogP contribution is -2.49. The van der Waals surface area contributed by atoms with E-state index in [0.717, 1.165) is 11.3 Å². The fourth-order valence-electron chi connectivity index (χ4n) is 3.47. The second-order valence-corrected chi connectivity index (χ2v) is 7.06. The minimum absolute atomic E-state index is 0.00536. The second-order valence-electron chi connectivity index (χ2n) is 7.06. The van der Waals surface area contributed by atoms with E-state index in [1.807, 2.05) is 59.5 Å². The van der Waals surface area contributed by atoms with Gasteiger partial charge in [0.2, 0.25) is 0 Å². The minimum atomic E-state index is 0.00536. The Morgan fingerprint density at radius 2 is 1.70 bits per heavy atom. The topological polar surface area (TPSA) is 69.5 Å². The van der Waals surface area contributed by atoms with Crippen molar-refractivity contribution in [3.05, 3.63) is 89.6 Å². The molecule has 3 aromatic rings. The first kappa shape index (κ1) is 19.5. The number of piperazine rings is 1. The van der Waals surface area contributed by atoms with Gasteiger partial charge in [-0.1, -0.05) is 30.3 Å². The molecule has 150 valence electrons. The van der Waals surface area contributed by atoms with Crippen LogP contribution in [0.25, 0.3) is 0 Å². The van der Waals surface area contributed by atoms with Crippen molar-refractivity contribution in [1.29, 1.82) is 5.26 Å². The summed E-state index contributed by atoms with van der Waals surface area (Å²) < 4.78 is 5.79. The lowest BCUT2D eigenvalue weighted by Gasteiger charge is -2.35. The molecule has 0 aliphatic carbocycles. The van der Waals surface area contributed by atoms with Crippen LogP contribution >= 0.6 is 0 Å². The molecule has 0 saturated carbocycles. The molecular formula is C24H22N4O2. The van der Waals surface area contributed by atoms with Crippen LogP contribution in [0.1, 0.15) is 21.5 Å². The number of carbonyl (C=O) groups excluding carboxylic acids is 1. The Bertz CT molecular complexity index is 1040. The molecule has 6 nitrogen and oxygen atoms in total. The van der Waals surface area contributed by atoms with Crippen molar-refractivity contribution in [2.75, 3.05) is 31.1 Å². The maximum atomic E-state index is 12.9. The van der Waals surface area contributed by atoms with Gasteiger partial charge in [-0.05, 0) is 42.0 Å². The van der Waals surface area contributed by atoms with Crippen molar-refractivity contribution in [3.8, 4) is 11.8 Å². The van der Waals surface area contributed by atoms with Crippen molar-refractivity contribution in [1.82, 2.24) is 9.88 Å². The van der Waals surface area contributed by atoms with Gasteiger partial charge >= 0.3 is 0 Å². The number of hydrogen-bond acceptors (Lipinski definition) is 5. The third-order valence-corrected chi connectivity index (χ3v) is 5.12. The minimum Gasteiger partial charge on any atom is -0.489 e. The van der Waals surface area contributed by atoms with Crippen molar-refractivity contribution < 1.29 is 9.53 Å². The Labute approximate surface area is 176 Å². The highest BCUT2D eigenvalue weighted by atomic mass is 16.5. The SMILES string of the molecule is N#Cc1cccnc1N1CCN(C(=O)c2ccc(OCc3ccccc3)cc2)CC1. The Balaban J connectivity index is 1.33. The number of amides is 1. The molecular weight excluding hydrogens is 376 g/mol. The van der Waals surface area contributed by atoms with E-state index in [1.54, 1.807) is 18.3 Å². The van der Waals surface area contributed by atoms with Gasteiger partial charge in [0, 0.05) is 37.9 Å². The molecule has 30 heavy (non-hydrogen) atoms. The summed E-state index contributed by atoms with van der Waals surface area (Å²) in [4.78, 5) is 21.1. The van der Waals surface area contributed by atoms with Gasteiger partial charge in [-0.2, -0.15) is 5.26 Å². The van der Waals surface area contributed by atoms with Gasteiger partial charge in [-0.25, -0.2) is 4.98 Å². The van der Waals surface area contributed by atoms with Crippen molar-refractivity contribution >= 4 is 11.7 Å². The maximum Gasteiger partial charge on any atom is 0.253 e. The van der Waals surface area contributed by atoms with Gasteiger partial charge < -0.3 is 14.5 Å². The molecule has 1 amide bonds. The number of nitrogens with zero attached hydrogens (tertiary/aromatic N) is 4. The van der Waals surface area contributed by atoms with E-state index in [1.165, 1.54) is 0 Å². The highest BCUT2D eigenvalue weighted by Gasteiger charge is 2.24. The molecule has 0 atom stereocenters. The fraction of sp³-hybridized carbons (Fsp3) is 0.208. The van der Waals surface area contributed by atoms with Gasteiger partial charge in [0.15, 0.2) is 0 Å². The maximum absolute atomic E-state index is 12.9. The Morgan fingerprint density at radius 3 is 2.40 bits per heavy atom. The van der Waals surface area contributed by atoms with Crippen molar-refractivity contribution in [3.63, 3.8) is 0 Å². The smallest absolute Gasteiger partial charge is 0.253 e. The van der Waals surface area contributed by atoms with Crippen LogP contribution in [0, 0.1) is 11.3 Å². The van der Waals surface area contributed by atoms with E-state index in [-0.39, 0.29) is 5.91 Å². The quantitative estimate of drug-likeness (QED) is 0.658. The zero-order valence-electron chi connectivity index (χ0n) is 16.6. The zero-order valence-corrected chi connectivity index (χ0v) is 16.6. The second kappa shape index (κ2) is 9.10. The van der Waals surface area contributed by atoms with E-state index in [9.17, 15) is 10.1 Å². The number of ether oxygens (including phenoxy) is 1. The van der Waals surface area contributed by atoms with Crippen LogP contribution in [0.15, 0.2) is 72.9 Å². The normalized spacial score (nSPS) is 13.6. The van der Waals surface area contributed by atoms with Gasteiger partial charge in [-0.3, -0.25) is 4.79 Å². The zero-order chi connectivity index (χ0) is 20.8. The Morgan fingerprint density at radius 1 is 0.967 bits per heavy atom. The lowest BCUT2D eigenvalue weighted by molar-refractivity contribution is 0.0746. The largest absolute Gasteiger partial charge is 0.489 e. The number of anilines is 1. The molecule has 1 aliphatic heterocycles. The molecule has 6 heteroatoms. The molecule has 1 aliphatic rings. The van der Waals surface area contributed by atoms with E-state index in [0.29, 0.717) is 49.7 Å². The number of nitriles is 1. The monoisotopic (exact) mass is 398 g/mol. The Hall–Kier alpha value is -3.85. The predicted octanol–water partition coefficient (Wildman–Crippen LogP) is 3.49. The highest BCUT2D eigenvalue weighted by Crippen LogP contribution is 2.20. The number of aromatic nitrogens is 1. The molecule has 4 rings (SSSR count). The third kappa shape index (κ3) is 4.41. The van der Waals surface area contributed by atoms with Crippen LogP contribution in [-0.4, -0.2) is 42.0 Å². The summed E-state index contributed by atoms with van der Waals surface area (Å²) in [5, 5.41) is 9.27. The molecule has 1 aromatic heterocycles. The molecule has 0 bridgehead atoms. The summed E-state index contributed by atoms with van der Waals surface area (Å²) in [6.45, 7) is 2.97. The van der Waals surface area contributed by atoms with E-state index in [2.05, 4.69) is 16.0 Å². The Kier molecular flexibility index (Phi) is 5.90. The first-order chi connectivity index (χ1) is 14.7. The molecule has 1 saturated heterocycles. The summed E-state index contributed by atoms with van der Waals surface area (Å²) in [7, 11) is 0. The van der Waals surface area contributed by atoms with E-state index < -0.39 is 0 Å². The highest BCUT2D eigenvalue weighted by molar-refractivity contribution is 5.94. The average molecular weight is 398 g/mol. The van der Waals surface area contributed by atoms with Crippen LogP contribution in [0.2, 0.25) is 0 Å². The van der Waals surface area contributed by atoms with Crippen molar-refractivity contribution in [2.45, 2.75) is 6.61 Å². The fourth-order valence-corrected chi connectivity index (χ4v) is 3.47. The summed E-state index contributed by atoms with van der Waals surface area (Å²) in [5.41, 5.74) is 2.30. The van der Waals surface area contributed by atoms with Crippen LogP contribution in [0.4, 0.5) is 5.82 Å². The number of hydrogen-bond donors (Lipinski definition) is 0. The predicted molar refractivity (Wildman–Crippen MR) is 114 cm³/mol. The molecule has 0 N–H and O–H groups in total. The lowest BCUT2D eigenvalue weighted by atomic mass is 10.1. The van der Waals surface area contributed by atoms with Crippen LogP contribution in [0.5, 0.6) is 5.75 Å². The molecule has 2 heterocycles. The van der Waals surface area contributed by atoms with Crippen LogP contribution < -0.4 is 9.64 Å². The summed E-state index contributed by atoms with van der Waals surface area (Å²) in [6, 6.07) is 23.0. The van der Waals surface area contributed by atoms with E-state index >= 15 is 0 Å². The average Bonchev–Trinajstić information content (AvgIpc) is 2.83. The summed E-state index contributed by atoms with van der Waals surface area (Å²) in [5.74, 6) is 1.43. The van der Waals surface area contributed by atoms with Gasteiger partial charge in [-0.15, -0.1) is 0 Å². The standard InChI is InChI=1S/C24H22N4O2/c25-17-21-7-4-12-26-23(21)27-13-15-28(16-14-27)24(29)20-8-10-22(11-9-20)30-18-19-5-2-1-3-6-19/h1-12H,13-16,18H2. The number of pyridine rings is 1. The number of carbonyl (C=O) groups is 1. The van der Waals surface area contributed by atoms with E-state index in [4.69, 9.17) is 4.74 Å².